The van der Waals surface area contributed by atoms with E-state index < -0.39 is 80.9 Å². The Labute approximate surface area is 211 Å². The minimum absolute atomic E-state index is 0.0465. The molecule has 9 heteroatoms. The number of hydrogen-bond donors (Lipinski definition) is 7. The number of carbonyl (C=O) groups excluding carboxylic acids is 1. The number of esters is 1. The Balaban J connectivity index is 1.88. The number of rotatable bonds is 3. The first-order valence-electron chi connectivity index (χ1n) is 12.9. The molecule has 0 spiro atoms. The summed E-state index contributed by atoms with van der Waals surface area (Å²) < 4.78 is 5.89. The van der Waals surface area contributed by atoms with E-state index in [0.29, 0.717) is 6.42 Å². The molecule has 7 N–H and O–H groups in total. The maximum atomic E-state index is 13.3. The molecule has 0 heterocycles. The smallest absolute Gasteiger partial charge is 0.334 e. The van der Waals surface area contributed by atoms with Crippen LogP contribution in [0.25, 0.3) is 0 Å². The highest BCUT2D eigenvalue weighted by molar-refractivity contribution is 5.90. The van der Waals surface area contributed by atoms with Gasteiger partial charge >= 0.3 is 5.97 Å². The van der Waals surface area contributed by atoms with Gasteiger partial charge in [-0.25, -0.2) is 4.79 Å². The molecular weight excluding hydrogens is 468 g/mol. The van der Waals surface area contributed by atoms with Gasteiger partial charge in [0.25, 0.3) is 0 Å². The highest BCUT2D eigenvalue weighted by atomic mass is 16.6. The molecule has 0 aromatic carbocycles. The zero-order valence-electron chi connectivity index (χ0n) is 21.8. The first-order chi connectivity index (χ1) is 16.3. The Morgan fingerprint density at radius 2 is 1.69 bits per heavy atom. The number of hydrogen-bond acceptors (Lipinski definition) is 9. The van der Waals surface area contributed by atoms with Crippen molar-refractivity contribution in [2.24, 2.45) is 28.1 Å². The normalized spacial score (nSPS) is 56.6. The molecule has 4 saturated carbocycles. The number of allylic oxidation sites excluding steroid dienone is 3. The number of fused-ring (bicyclic) bond motifs is 2. The fourth-order valence-corrected chi connectivity index (χ4v) is 9.79. The van der Waals surface area contributed by atoms with Crippen molar-refractivity contribution in [3.63, 3.8) is 0 Å². The second-order valence-corrected chi connectivity index (χ2v) is 13.0. The molecule has 0 aromatic heterocycles. The fraction of sp³-hybridized carbons (Fsp3) is 0.815. The molecule has 0 unspecified atom stereocenters. The minimum atomic E-state index is -2.82. The summed E-state index contributed by atoms with van der Waals surface area (Å²) in [4.78, 5) is 13.3. The minimum Gasteiger partial charge on any atom is -0.453 e. The van der Waals surface area contributed by atoms with Gasteiger partial charge in [0.1, 0.15) is 16.8 Å². The van der Waals surface area contributed by atoms with E-state index >= 15 is 0 Å². The Hall–Kier alpha value is -1.33. The van der Waals surface area contributed by atoms with Crippen molar-refractivity contribution in [1.29, 1.82) is 0 Å². The molecule has 5 rings (SSSR count). The molecule has 0 aliphatic heterocycles. The fourth-order valence-electron chi connectivity index (χ4n) is 9.79. The first-order valence-corrected chi connectivity index (χ1v) is 12.9. The molecule has 4 bridgehead atoms. The van der Waals surface area contributed by atoms with E-state index in [1.165, 1.54) is 20.8 Å². The Kier molecular flexibility index (Phi) is 4.97. The lowest BCUT2D eigenvalue weighted by molar-refractivity contribution is -0.385. The van der Waals surface area contributed by atoms with Gasteiger partial charge in [-0.15, -0.1) is 0 Å². The molecule has 0 aromatic rings. The van der Waals surface area contributed by atoms with E-state index in [0.717, 1.165) is 0 Å². The van der Waals surface area contributed by atoms with Gasteiger partial charge in [0, 0.05) is 17.4 Å². The third-order valence-corrected chi connectivity index (χ3v) is 11.9. The Morgan fingerprint density at radius 3 is 2.22 bits per heavy atom. The van der Waals surface area contributed by atoms with Crippen molar-refractivity contribution in [1.82, 2.24) is 0 Å². The standard InChI is InChI=1S/C27H40O9/c1-14(2)25(33)19(36-18(29)16-9-7-8-10-16)26(34)20(4)13-24(31,32)22(25,6)27(26,35)21(5)17(28)15(3)11-12-23(20,21)30/h7-9,14-15,17,19,28,30-35H,10-13H2,1-6H3/t15-,17+,19+,20-,21+,22+,23-,25+,26+,27+/m0/s1. The van der Waals surface area contributed by atoms with Crippen LogP contribution in [0.5, 0.6) is 0 Å². The predicted molar refractivity (Wildman–Crippen MR) is 127 cm³/mol. The number of ether oxygens (including phenoxy) is 1. The van der Waals surface area contributed by atoms with Gasteiger partial charge < -0.3 is 40.5 Å². The summed E-state index contributed by atoms with van der Waals surface area (Å²) in [6, 6.07) is 0. The van der Waals surface area contributed by atoms with Crippen LogP contribution in [0.15, 0.2) is 23.8 Å². The topological polar surface area (TPSA) is 168 Å². The van der Waals surface area contributed by atoms with Gasteiger partial charge in [-0.1, -0.05) is 52.8 Å². The van der Waals surface area contributed by atoms with Crippen molar-refractivity contribution in [3.05, 3.63) is 23.8 Å². The second-order valence-electron chi connectivity index (χ2n) is 13.0. The van der Waals surface area contributed by atoms with Gasteiger partial charge in [-0.2, -0.15) is 0 Å². The molecule has 0 amide bonds. The zero-order chi connectivity index (χ0) is 27.1. The number of aliphatic hydroxyl groups excluding tert-OH is 1. The van der Waals surface area contributed by atoms with Crippen LogP contribution in [0.2, 0.25) is 0 Å². The quantitative estimate of drug-likeness (QED) is 0.209. The largest absolute Gasteiger partial charge is 0.453 e. The van der Waals surface area contributed by atoms with E-state index in [9.17, 15) is 40.5 Å². The summed E-state index contributed by atoms with van der Waals surface area (Å²) in [6.07, 6.45) is 1.80. The van der Waals surface area contributed by atoms with E-state index in [2.05, 4.69) is 0 Å². The van der Waals surface area contributed by atoms with Gasteiger partial charge in [-0.3, -0.25) is 0 Å². The highest BCUT2D eigenvalue weighted by Gasteiger charge is 3.04. The molecule has 5 aliphatic rings. The Bertz CT molecular complexity index is 1080. The van der Waals surface area contributed by atoms with Crippen LogP contribution in [-0.4, -0.2) is 82.1 Å². The van der Waals surface area contributed by atoms with E-state index in [1.54, 1.807) is 39.0 Å². The van der Waals surface area contributed by atoms with Crippen LogP contribution in [0, 0.1) is 28.1 Å². The molecule has 5 aliphatic carbocycles. The van der Waals surface area contributed by atoms with E-state index in [-0.39, 0.29) is 18.4 Å². The molecule has 10 atom stereocenters. The van der Waals surface area contributed by atoms with Gasteiger partial charge in [-0.05, 0) is 38.0 Å². The van der Waals surface area contributed by atoms with E-state index in [1.807, 2.05) is 0 Å². The molecule has 9 nitrogen and oxygen atoms in total. The highest BCUT2D eigenvalue weighted by Crippen LogP contribution is 2.87. The summed E-state index contributed by atoms with van der Waals surface area (Å²) >= 11 is 0. The second kappa shape index (κ2) is 6.81. The maximum absolute atomic E-state index is 13.3. The molecule has 0 radical (unpaired) electrons. The van der Waals surface area contributed by atoms with Gasteiger partial charge in [0.15, 0.2) is 11.9 Å². The van der Waals surface area contributed by atoms with Crippen LogP contribution in [0.3, 0.4) is 0 Å². The molecule has 36 heavy (non-hydrogen) atoms. The van der Waals surface area contributed by atoms with Crippen LogP contribution in [-0.2, 0) is 9.53 Å². The number of carbonyl (C=O) groups is 1. The van der Waals surface area contributed by atoms with Crippen LogP contribution in [0.4, 0.5) is 0 Å². The van der Waals surface area contributed by atoms with Crippen molar-refractivity contribution in [2.75, 3.05) is 0 Å². The average Bonchev–Trinajstić information content (AvgIpc) is 3.38. The maximum Gasteiger partial charge on any atom is 0.334 e. The molecular formula is C27H40O9. The van der Waals surface area contributed by atoms with Crippen molar-refractivity contribution >= 4 is 5.97 Å². The number of aliphatic hydroxyl groups is 7. The predicted octanol–water partition coefficient (Wildman–Crippen LogP) is 0.286. The van der Waals surface area contributed by atoms with Crippen LogP contribution < -0.4 is 0 Å². The summed E-state index contributed by atoms with van der Waals surface area (Å²) in [5.74, 6) is -4.92. The third kappa shape index (κ3) is 2.07. The molecule has 0 saturated heterocycles. The third-order valence-electron chi connectivity index (χ3n) is 11.9. The monoisotopic (exact) mass is 508 g/mol. The summed E-state index contributed by atoms with van der Waals surface area (Å²) in [5, 5.41) is 85.6. The molecule has 202 valence electrons. The molecule has 4 fully saturated rings. The SMILES string of the molecule is CC(C)[C@@]1(O)[C@@H](OC(=O)C2=CC=CC2)[C@@]2(O)[C@@]3(C)CC(O)(O)[C@@]1(C)[C@]2(O)[C@]1(C)[C@H](O)[C@@H](C)CC[C@]31O. The summed E-state index contributed by atoms with van der Waals surface area (Å²) in [7, 11) is 0. The van der Waals surface area contributed by atoms with Gasteiger partial charge in [0.2, 0.25) is 0 Å². The zero-order valence-corrected chi connectivity index (χ0v) is 21.8. The lowest BCUT2D eigenvalue weighted by atomic mass is 9.47. The lowest BCUT2D eigenvalue weighted by Gasteiger charge is -2.62. The Morgan fingerprint density at radius 1 is 1.08 bits per heavy atom. The lowest BCUT2D eigenvalue weighted by Crippen LogP contribution is -2.78. The van der Waals surface area contributed by atoms with Crippen LogP contribution >= 0.6 is 0 Å². The average molecular weight is 509 g/mol. The first kappa shape index (κ1) is 26.3. The summed E-state index contributed by atoms with van der Waals surface area (Å²) in [5.41, 5.74) is -15.5. The van der Waals surface area contributed by atoms with Crippen molar-refractivity contribution < 1.29 is 45.3 Å². The van der Waals surface area contributed by atoms with Crippen LogP contribution in [0.1, 0.15) is 67.2 Å². The van der Waals surface area contributed by atoms with Gasteiger partial charge in [0.05, 0.1) is 22.5 Å². The van der Waals surface area contributed by atoms with E-state index in [4.69, 9.17) is 4.74 Å². The van der Waals surface area contributed by atoms with Crippen molar-refractivity contribution in [3.8, 4) is 0 Å². The summed E-state index contributed by atoms with van der Waals surface area (Å²) in [6.45, 7) is 9.04. The van der Waals surface area contributed by atoms with Crippen molar-refractivity contribution in [2.45, 2.75) is 108 Å².